The lowest BCUT2D eigenvalue weighted by atomic mass is 10.0. The molecule has 2 aromatic heterocycles. The maximum atomic E-state index is 12.2. The molecule has 0 bridgehead atoms. The van der Waals surface area contributed by atoms with Gasteiger partial charge >= 0.3 is 0 Å². The van der Waals surface area contributed by atoms with Crippen molar-refractivity contribution in [1.29, 1.82) is 5.26 Å². The van der Waals surface area contributed by atoms with Crippen LogP contribution in [-0.2, 0) is 7.05 Å². The standard InChI is InChI=1S/C18H22N6O/c1-12-8-17(16(9-19)13(2)21-12)24-6-4-15(5-7-24)22-18(25)14-10-20-23(3)11-14/h8,10-11,15H,4-7H2,1-3H3,(H,22,25). The summed E-state index contributed by atoms with van der Waals surface area (Å²) >= 11 is 0. The van der Waals surface area contributed by atoms with Crippen LogP contribution >= 0.6 is 0 Å². The van der Waals surface area contributed by atoms with Crippen molar-refractivity contribution in [3.8, 4) is 6.07 Å². The molecular formula is C18H22N6O. The molecular weight excluding hydrogens is 316 g/mol. The lowest BCUT2D eigenvalue weighted by Gasteiger charge is -2.34. The summed E-state index contributed by atoms with van der Waals surface area (Å²) < 4.78 is 1.62. The summed E-state index contributed by atoms with van der Waals surface area (Å²) in [5.41, 5.74) is 3.85. The van der Waals surface area contributed by atoms with Gasteiger partial charge in [-0.05, 0) is 32.8 Å². The number of hydrogen-bond acceptors (Lipinski definition) is 5. The molecule has 1 N–H and O–H groups in total. The van der Waals surface area contributed by atoms with Gasteiger partial charge in [-0.1, -0.05) is 0 Å². The van der Waals surface area contributed by atoms with E-state index in [9.17, 15) is 10.1 Å². The van der Waals surface area contributed by atoms with Gasteiger partial charge in [0.15, 0.2) is 0 Å². The quantitative estimate of drug-likeness (QED) is 0.920. The monoisotopic (exact) mass is 338 g/mol. The third-order valence-electron chi connectivity index (χ3n) is 4.56. The molecule has 0 aromatic carbocycles. The van der Waals surface area contributed by atoms with E-state index < -0.39 is 0 Å². The molecule has 25 heavy (non-hydrogen) atoms. The van der Waals surface area contributed by atoms with E-state index in [2.05, 4.69) is 26.4 Å². The number of rotatable bonds is 3. The Bertz CT molecular complexity index is 827. The highest BCUT2D eigenvalue weighted by Crippen LogP contribution is 2.26. The third kappa shape index (κ3) is 3.63. The number of anilines is 1. The first-order valence-corrected chi connectivity index (χ1v) is 8.40. The summed E-state index contributed by atoms with van der Waals surface area (Å²) in [7, 11) is 1.79. The van der Waals surface area contributed by atoms with E-state index in [0.29, 0.717) is 11.1 Å². The van der Waals surface area contributed by atoms with E-state index in [1.54, 1.807) is 24.1 Å². The minimum Gasteiger partial charge on any atom is -0.370 e. The Kier molecular flexibility index (Phi) is 4.70. The second-order valence-electron chi connectivity index (χ2n) is 6.49. The molecule has 1 aliphatic heterocycles. The maximum Gasteiger partial charge on any atom is 0.254 e. The van der Waals surface area contributed by atoms with Crippen molar-refractivity contribution in [3.05, 3.63) is 41.0 Å². The fraction of sp³-hybridized carbons (Fsp3) is 0.444. The fourth-order valence-electron chi connectivity index (χ4n) is 3.27. The number of amides is 1. The van der Waals surface area contributed by atoms with Gasteiger partial charge in [0.1, 0.15) is 6.07 Å². The number of nitrogens with zero attached hydrogens (tertiary/aromatic N) is 5. The van der Waals surface area contributed by atoms with Crippen LogP contribution in [0.5, 0.6) is 0 Å². The summed E-state index contributed by atoms with van der Waals surface area (Å²) in [6.07, 6.45) is 4.98. The topological polar surface area (TPSA) is 86.8 Å². The molecule has 3 rings (SSSR count). The molecule has 7 heteroatoms. The van der Waals surface area contributed by atoms with Gasteiger partial charge in [-0.15, -0.1) is 0 Å². The number of hydrogen-bond donors (Lipinski definition) is 1. The Labute approximate surface area is 147 Å². The summed E-state index contributed by atoms with van der Waals surface area (Å²) in [4.78, 5) is 18.8. The second-order valence-corrected chi connectivity index (χ2v) is 6.49. The zero-order valence-electron chi connectivity index (χ0n) is 14.8. The van der Waals surface area contributed by atoms with Crippen LogP contribution in [0.4, 0.5) is 5.69 Å². The molecule has 1 aliphatic rings. The highest BCUT2D eigenvalue weighted by molar-refractivity contribution is 5.93. The minimum absolute atomic E-state index is 0.0835. The van der Waals surface area contributed by atoms with Gasteiger partial charge in [0, 0.05) is 38.1 Å². The van der Waals surface area contributed by atoms with Crippen molar-refractivity contribution >= 4 is 11.6 Å². The Hall–Kier alpha value is -2.88. The van der Waals surface area contributed by atoms with Crippen molar-refractivity contribution in [1.82, 2.24) is 20.1 Å². The molecule has 0 unspecified atom stereocenters. The highest BCUT2D eigenvalue weighted by Gasteiger charge is 2.24. The molecule has 1 amide bonds. The van der Waals surface area contributed by atoms with Crippen LogP contribution in [0.1, 0.15) is 40.2 Å². The number of carbonyl (C=O) groups excluding carboxylic acids is 1. The molecule has 0 atom stereocenters. The van der Waals surface area contributed by atoms with Crippen molar-refractivity contribution in [2.24, 2.45) is 7.05 Å². The van der Waals surface area contributed by atoms with Gasteiger partial charge < -0.3 is 10.2 Å². The van der Waals surface area contributed by atoms with Gasteiger partial charge in [-0.25, -0.2) is 0 Å². The Morgan fingerprint density at radius 3 is 2.68 bits per heavy atom. The van der Waals surface area contributed by atoms with E-state index in [4.69, 9.17) is 0 Å². The number of aromatic nitrogens is 3. The molecule has 1 fully saturated rings. The Morgan fingerprint density at radius 2 is 2.08 bits per heavy atom. The molecule has 0 aliphatic carbocycles. The number of pyridine rings is 1. The van der Waals surface area contributed by atoms with E-state index >= 15 is 0 Å². The zero-order valence-corrected chi connectivity index (χ0v) is 14.8. The number of aryl methyl sites for hydroxylation is 3. The van der Waals surface area contributed by atoms with Crippen molar-refractivity contribution in [2.75, 3.05) is 18.0 Å². The normalized spacial score (nSPS) is 15.0. The first-order valence-electron chi connectivity index (χ1n) is 8.40. The van der Waals surface area contributed by atoms with Gasteiger partial charge in [0.05, 0.1) is 28.7 Å². The molecule has 0 saturated carbocycles. The van der Waals surface area contributed by atoms with Crippen LogP contribution in [0, 0.1) is 25.2 Å². The minimum atomic E-state index is -0.0835. The lowest BCUT2D eigenvalue weighted by molar-refractivity contribution is 0.0931. The van der Waals surface area contributed by atoms with Gasteiger partial charge in [-0.2, -0.15) is 10.4 Å². The van der Waals surface area contributed by atoms with Crippen LogP contribution in [0.2, 0.25) is 0 Å². The Morgan fingerprint density at radius 1 is 1.36 bits per heavy atom. The summed E-state index contributed by atoms with van der Waals surface area (Å²) in [5.74, 6) is -0.0835. The van der Waals surface area contributed by atoms with Crippen molar-refractivity contribution in [3.63, 3.8) is 0 Å². The van der Waals surface area contributed by atoms with Crippen LogP contribution < -0.4 is 10.2 Å². The predicted octanol–water partition coefficient (Wildman–Crippen LogP) is 1.70. The summed E-state index contributed by atoms with van der Waals surface area (Å²) in [5, 5.41) is 16.5. The smallest absolute Gasteiger partial charge is 0.254 e. The second kappa shape index (κ2) is 6.93. The molecule has 7 nitrogen and oxygen atoms in total. The van der Waals surface area contributed by atoms with E-state index in [1.807, 2.05) is 19.9 Å². The number of nitriles is 1. The average molecular weight is 338 g/mol. The molecule has 1 saturated heterocycles. The Balaban J connectivity index is 1.65. The summed E-state index contributed by atoms with van der Waals surface area (Å²) in [6.45, 7) is 5.42. The molecule has 0 spiro atoms. The van der Waals surface area contributed by atoms with Crippen LogP contribution in [-0.4, -0.2) is 39.8 Å². The maximum absolute atomic E-state index is 12.2. The van der Waals surface area contributed by atoms with Gasteiger partial charge in [-0.3, -0.25) is 14.5 Å². The average Bonchev–Trinajstić information content (AvgIpc) is 3.01. The lowest BCUT2D eigenvalue weighted by Crippen LogP contribution is -2.45. The predicted molar refractivity (Wildman–Crippen MR) is 94.3 cm³/mol. The first kappa shape index (κ1) is 17.0. The van der Waals surface area contributed by atoms with E-state index in [-0.39, 0.29) is 11.9 Å². The van der Waals surface area contributed by atoms with Crippen LogP contribution in [0.15, 0.2) is 18.5 Å². The SMILES string of the molecule is Cc1cc(N2CCC(NC(=O)c3cnn(C)c3)CC2)c(C#N)c(C)n1. The van der Waals surface area contributed by atoms with E-state index in [0.717, 1.165) is 43.0 Å². The third-order valence-corrected chi connectivity index (χ3v) is 4.56. The zero-order chi connectivity index (χ0) is 18.0. The van der Waals surface area contributed by atoms with Crippen LogP contribution in [0.3, 0.4) is 0 Å². The van der Waals surface area contributed by atoms with E-state index in [1.165, 1.54) is 0 Å². The fourth-order valence-corrected chi connectivity index (χ4v) is 3.27. The first-order chi connectivity index (χ1) is 12.0. The number of carbonyl (C=O) groups is 1. The highest BCUT2D eigenvalue weighted by atomic mass is 16.1. The van der Waals surface area contributed by atoms with Gasteiger partial charge in [0.25, 0.3) is 5.91 Å². The van der Waals surface area contributed by atoms with Gasteiger partial charge in [0.2, 0.25) is 0 Å². The largest absolute Gasteiger partial charge is 0.370 e. The van der Waals surface area contributed by atoms with Crippen molar-refractivity contribution in [2.45, 2.75) is 32.7 Å². The van der Waals surface area contributed by atoms with Crippen molar-refractivity contribution < 1.29 is 4.79 Å². The molecule has 0 radical (unpaired) electrons. The summed E-state index contributed by atoms with van der Waals surface area (Å²) in [6, 6.07) is 4.38. The number of nitrogens with one attached hydrogen (secondary N) is 1. The van der Waals surface area contributed by atoms with Crippen LogP contribution in [0.25, 0.3) is 0 Å². The molecule has 130 valence electrons. The molecule has 2 aromatic rings. The molecule has 3 heterocycles. The number of piperidine rings is 1.